The highest BCUT2D eigenvalue weighted by Crippen LogP contribution is 2.30. The second-order valence-corrected chi connectivity index (χ2v) is 19.7. The van der Waals surface area contributed by atoms with E-state index in [2.05, 4.69) is 15.6 Å². The molecule has 1 saturated heterocycles. The van der Waals surface area contributed by atoms with E-state index in [0.29, 0.717) is 32.5 Å². The first-order chi connectivity index (χ1) is 30.2. The van der Waals surface area contributed by atoms with Crippen LogP contribution in [0.5, 0.6) is 0 Å². The van der Waals surface area contributed by atoms with Crippen molar-refractivity contribution in [1.82, 2.24) is 35.2 Å². The van der Waals surface area contributed by atoms with E-state index in [1.54, 1.807) is 44.3 Å². The lowest BCUT2D eigenvalue weighted by Gasteiger charge is -2.39. The quantitative estimate of drug-likeness (QED) is 0.110. The van der Waals surface area contributed by atoms with Gasteiger partial charge in [0.15, 0.2) is 0 Å². The maximum absolute atomic E-state index is 14.3. The summed E-state index contributed by atoms with van der Waals surface area (Å²) >= 11 is 1.50. The number of thiazole rings is 1. The van der Waals surface area contributed by atoms with Crippen LogP contribution in [0.3, 0.4) is 0 Å². The minimum absolute atomic E-state index is 0.0245. The molecule has 0 aliphatic carbocycles. The average molecular weight is 914 g/mol. The van der Waals surface area contributed by atoms with Crippen molar-refractivity contribution in [3.63, 3.8) is 0 Å². The Morgan fingerprint density at radius 1 is 0.953 bits per heavy atom. The summed E-state index contributed by atoms with van der Waals surface area (Å²) in [7, 11) is 8.47. The fourth-order valence-electron chi connectivity index (χ4n) is 8.77. The Kier molecular flexibility index (Phi) is 22.1. The molecule has 1 aliphatic heterocycles. The molecule has 64 heavy (non-hydrogen) atoms. The predicted octanol–water partition coefficient (Wildman–Crippen LogP) is 6.18. The van der Waals surface area contributed by atoms with Crippen molar-refractivity contribution in [3.8, 4) is 0 Å². The molecular weight excluding hydrogens is 835 g/mol. The Morgan fingerprint density at radius 2 is 1.62 bits per heavy atom. The summed E-state index contributed by atoms with van der Waals surface area (Å²) in [5.41, 5.74) is 0.520. The van der Waals surface area contributed by atoms with Crippen molar-refractivity contribution < 1.29 is 38.2 Å². The summed E-state index contributed by atoms with van der Waals surface area (Å²) in [5, 5.41) is 8.85. The molecule has 2 N–H and O–H groups in total. The van der Waals surface area contributed by atoms with Gasteiger partial charge in [0.2, 0.25) is 23.6 Å². The van der Waals surface area contributed by atoms with Gasteiger partial charge in [-0.1, -0.05) is 71.4 Å². The van der Waals surface area contributed by atoms with E-state index in [1.165, 1.54) is 11.3 Å². The highest BCUT2D eigenvalue weighted by molar-refractivity contribution is 7.09. The number of hydrogen-bond acceptors (Lipinski definition) is 11. The fourth-order valence-corrected chi connectivity index (χ4v) is 9.46. The van der Waals surface area contributed by atoms with Crippen LogP contribution in [-0.2, 0) is 39.8 Å². The van der Waals surface area contributed by atoms with E-state index in [-0.39, 0.29) is 66.6 Å². The highest BCUT2D eigenvalue weighted by Gasteiger charge is 2.42. The molecule has 1 fully saturated rings. The SMILES string of the molecule is CCC(C)C(C(CC(=O)N1CCCC1C(OC)C(C)C(=O)NC(Cc1ccccc1)c1nccs1)OC)N(C)C(=O)CNC(=O)C(C(C)C)N(C)CCCCN(C)C(=O)OC(C)(C)C. The third kappa shape index (κ3) is 16.1. The Balaban J connectivity index is 1.64. The number of benzene rings is 1. The molecule has 8 unspecified atom stereocenters. The normalized spacial score (nSPS) is 17.5. The number of amides is 5. The van der Waals surface area contributed by atoms with Crippen molar-refractivity contribution in [2.75, 3.05) is 61.5 Å². The van der Waals surface area contributed by atoms with Crippen LogP contribution in [0, 0.1) is 17.8 Å². The van der Waals surface area contributed by atoms with Crippen molar-refractivity contribution in [3.05, 3.63) is 52.5 Å². The maximum atomic E-state index is 14.3. The van der Waals surface area contributed by atoms with Gasteiger partial charge in [0.25, 0.3) is 0 Å². The van der Waals surface area contributed by atoms with E-state index >= 15 is 0 Å². The summed E-state index contributed by atoms with van der Waals surface area (Å²) in [5.74, 6) is -1.46. The molecule has 1 aromatic heterocycles. The number of likely N-dealkylation sites (tertiary alicyclic amines) is 1. The topological polar surface area (TPSA) is 163 Å². The lowest BCUT2D eigenvalue weighted by atomic mass is 9.90. The van der Waals surface area contributed by atoms with Crippen molar-refractivity contribution in [2.45, 2.75) is 142 Å². The molecular formula is C48H79N7O8S. The maximum Gasteiger partial charge on any atom is 0.410 e. The van der Waals surface area contributed by atoms with Gasteiger partial charge in [0.1, 0.15) is 10.6 Å². The molecule has 1 aromatic carbocycles. The van der Waals surface area contributed by atoms with Gasteiger partial charge in [0, 0.05) is 53.0 Å². The molecule has 0 spiro atoms. The first-order valence-electron chi connectivity index (χ1n) is 23.0. The van der Waals surface area contributed by atoms with Gasteiger partial charge in [-0.2, -0.15) is 0 Å². The number of methoxy groups -OCH3 is 2. The number of likely N-dealkylation sites (N-methyl/N-ethyl adjacent to an activating group) is 2. The largest absolute Gasteiger partial charge is 0.444 e. The summed E-state index contributed by atoms with van der Waals surface area (Å²) < 4.78 is 17.5. The van der Waals surface area contributed by atoms with Crippen LogP contribution in [0.25, 0.3) is 0 Å². The third-order valence-electron chi connectivity index (χ3n) is 12.4. The molecule has 16 heteroatoms. The number of carbonyl (C=O) groups is 5. The summed E-state index contributed by atoms with van der Waals surface area (Å²) in [4.78, 5) is 79.6. The van der Waals surface area contributed by atoms with E-state index in [1.807, 2.05) is 108 Å². The van der Waals surface area contributed by atoms with Crippen LogP contribution in [0.15, 0.2) is 41.9 Å². The van der Waals surface area contributed by atoms with E-state index in [9.17, 15) is 24.0 Å². The zero-order valence-corrected chi connectivity index (χ0v) is 41.7. The number of unbranched alkanes of at least 4 members (excludes halogenated alkanes) is 1. The Hall–Kier alpha value is -4.12. The minimum atomic E-state index is -0.629. The van der Waals surface area contributed by atoms with Gasteiger partial charge in [-0.05, 0) is 83.9 Å². The van der Waals surface area contributed by atoms with Crippen molar-refractivity contribution >= 4 is 41.1 Å². The molecule has 2 heterocycles. The molecule has 2 aromatic rings. The van der Waals surface area contributed by atoms with E-state index in [4.69, 9.17) is 14.2 Å². The third-order valence-corrected chi connectivity index (χ3v) is 13.3. The van der Waals surface area contributed by atoms with Gasteiger partial charge in [0.05, 0.1) is 55.3 Å². The van der Waals surface area contributed by atoms with Gasteiger partial charge in [-0.3, -0.25) is 24.1 Å². The smallest absolute Gasteiger partial charge is 0.410 e. The lowest BCUT2D eigenvalue weighted by molar-refractivity contribution is -0.146. The van der Waals surface area contributed by atoms with Crippen LogP contribution in [-0.4, -0.2) is 152 Å². The Labute approximate surface area is 387 Å². The summed E-state index contributed by atoms with van der Waals surface area (Å²) in [6, 6.07) is 8.42. The molecule has 0 saturated carbocycles. The number of nitrogens with one attached hydrogen (secondary N) is 2. The molecule has 3 rings (SSSR count). The number of aromatic nitrogens is 1. The van der Waals surface area contributed by atoms with Crippen molar-refractivity contribution in [2.24, 2.45) is 17.8 Å². The molecule has 0 radical (unpaired) electrons. The second kappa shape index (κ2) is 26.1. The minimum Gasteiger partial charge on any atom is -0.444 e. The Morgan fingerprint density at radius 3 is 2.20 bits per heavy atom. The number of rotatable bonds is 25. The number of carbonyl (C=O) groups excluding carboxylic acids is 5. The molecule has 1 aliphatic rings. The first-order valence-corrected chi connectivity index (χ1v) is 23.9. The van der Waals surface area contributed by atoms with Crippen LogP contribution in [0.4, 0.5) is 4.79 Å². The van der Waals surface area contributed by atoms with Crippen LogP contribution in [0.1, 0.15) is 111 Å². The average Bonchev–Trinajstić information content (AvgIpc) is 3.97. The highest BCUT2D eigenvalue weighted by atomic mass is 32.1. The van der Waals surface area contributed by atoms with Gasteiger partial charge in [-0.15, -0.1) is 11.3 Å². The molecule has 5 amide bonds. The van der Waals surface area contributed by atoms with Crippen LogP contribution >= 0.6 is 11.3 Å². The van der Waals surface area contributed by atoms with Crippen LogP contribution in [0.2, 0.25) is 0 Å². The van der Waals surface area contributed by atoms with Crippen LogP contribution < -0.4 is 10.6 Å². The van der Waals surface area contributed by atoms with Gasteiger partial charge < -0.3 is 39.5 Å². The van der Waals surface area contributed by atoms with E-state index in [0.717, 1.165) is 36.3 Å². The predicted molar refractivity (Wildman–Crippen MR) is 252 cm³/mol. The zero-order chi connectivity index (χ0) is 47.7. The molecule has 8 atom stereocenters. The molecule has 0 bridgehead atoms. The number of hydrogen-bond donors (Lipinski definition) is 2. The molecule has 360 valence electrons. The monoisotopic (exact) mass is 914 g/mol. The summed E-state index contributed by atoms with van der Waals surface area (Å²) in [6.07, 6.45) is 4.49. The summed E-state index contributed by atoms with van der Waals surface area (Å²) in [6.45, 7) is 16.9. The lowest BCUT2D eigenvalue weighted by Crippen LogP contribution is -2.55. The molecule has 15 nitrogen and oxygen atoms in total. The fraction of sp³-hybridized carbons (Fsp3) is 0.708. The van der Waals surface area contributed by atoms with Gasteiger partial charge in [-0.25, -0.2) is 9.78 Å². The van der Waals surface area contributed by atoms with Gasteiger partial charge >= 0.3 is 6.09 Å². The Bertz CT molecular complexity index is 1740. The van der Waals surface area contributed by atoms with E-state index < -0.39 is 35.8 Å². The number of ether oxygens (including phenoxy) is 3. The number of nitrogens with zero attached hydrogens (tertiary/aromatic N) is 5. The second-order valence-electron chi connectivity index (χ2n) is 18.8. The standard InChI is InChI=1S/C48H79N7O8S/c1-14-33(4)42(54(11)40(57)31-50-45(59)41(32(2)3)52(9)25-18-19-26-53(10)47(60)63-48(6,7)8)38(61-12)30-39(56)55-27-20-23-37(55)43(62-13)34(5)44(58)51-36(46-49-24-28-64-46)29-35-21-16-15-17-22-35/h15-17,21-22,24,28,32-34,36-38,41-43H,14,18-20,23,25-27,29-31H2,1-13H3,(H,50,59)(H,51,58). The van der Waals surface area contributed by atoms with Crippen molar-refractivity contribution in [1.29, 1.82) is 0 Å². The zero-order valence-electron chi connectivity index (χ0n) is 40.9. The first kappa shape index (κ1) is 54.2.